The molecule has 143 valence electrons. The lowest BCUT2D eigenvalue weighted by Gasteiger charge is -2.08. The first-order valence-electron chi connectivity index (χ1n) is 10.9. The number of hydrogen-bond donors (Lipinski definition) is 0. The second-order valence-corrected chi connectivity index (χ2v) is 7.61. The highest BCUT2D eigenvalue weighted by Crippen LogP contribution is 2.11. The minimum atomic E-state index is 1.20. The zero-order valence-electron chi connectivity index (χ0n) is 17.2. The van der Waals surface area contributed by atoms with Gasteiger partial charge in [0.25, 0.3) is 0 Å². The average molecular weight is 337 g/mol. The van der Waals surface area contributed by atoms with Gasteiger partial charge in [0.1, 0.15) is 0 Å². The van der Waals surface area contributed by atoms with Crippen LogP contribution in [0, 0.1) is 6.42 Å². The van der Waals surface area contributed by atoms with Crippen LogP contribution in [0.2, 0.25) is 0 Å². The molecule has 0 aliphatic carbocycles. The SMILES string of the molecule is CCCCCCCC/C=C\CCCCCCCC[CH]CCN(C)C. The molecule has 0 unspecified atom stereocenters. The van der Waals surface area contributed by atoms with E-state index in [9.17, 15) is 0 Å². The third kappa shape index (κ3) is 21.7. The number of unbranched alkanes of at least 4 members (excludes halogenated alkanes) is 15. The molecule has 0 spiro atoms. The molecule has 0 aromatic heterocycles. The van der Waals surface area contributed by atoms with Gasteiger partial charge in [-0.25, -0.2) is 0 Å². The maximum atomic E-state index is 2.47. The summed E-state index contributed by atoms with van der Waals surface area (Å²) in [5.41, 5.74) is 0. The zero-order valence-corrected chi connectivity index (χ0v) is 17.2. The van der Waals surface area contributed by atoms with Gasteiger partial charge in [-0.3, -0.25) is 0 Å². The van der Waals surface area contributed by atoms with Crippen molar-refractivity contribution in [1.29, 1.82) is 0 Å². The minimum Gasteiger partial charge on any atom is -0.309 e. The molecular formula is C23H46N. The predicted molar refractivity (Wildman–Crippen MR) is 112 cm³/mol. The van der Waals surface area contributed by atoms with Crippen LogP contribution >= 0.6 is 0 Å². The van der Waals surface area contributed by atoms with E-state index in [1.54, 1.807) is 0 Å². The Hall–Kier alpha value is -0.300. The molecule has 0 aliphatic heterocycles. The van der Waals surface area contributed by atoms with Crippen molar-refractivity contribution < 1.29 is 0 Å². The minimum absolute atomic E-state index is 1.20. The third-order valence-electron chi connectivity index (χ3n) is 4.70. The molecule has 24 heavy (non-hydrogen) atoms. The highest BCUT2D eigenvalue weighted by Gasteiger charge is 1.94. The van der Waals surface area contributed by atoms with E-state index >= 15 is 0 Å². The van der Waals surface area contributed by atoms with Crippen LogP contribution in [0.25, 0.3) is 0 Å². The number of nitrogens with zero attached hydrogens (tertiary/aromatic N) is 1. The van der Waals surface area contributed by atoms with Crippen molar-refractivity contribution in [1.82, 2.24) is 4.90 Å². The highest BCUT2D eigenvalue weighted by atomic mass is 15.0. The zero-order chi connectivity index (χ0) is 17.7. The standard InChI is InChI=1S/C23H46N/c1-4-5-6-7-8-9-10-11-12-13-14-15-16-17-18-19-20-21-22-23-24(2)3/h11-12,21H,4-10,13-20,22-23H2,1-3H3/b12-11-. The molecule has 1 nitrogen and oxygen atoms in total. The van der Waals surface area contributed by atoms with Gasteiger partial charge in [0.05, 0.1) is 0 Å². The van der Waals surface area contributed by atoms with Crippen molar-refractivity contribution in [3.8, 4) is 0 Å². The molecule has 0 bridgehead atoms. The maximum absolute atomic E-state index is 2.47. The first kappa shape index (κ1) is 23.7. The van der Waals surface area contributed by atoms with Gasteiger partial charge >= 0.3 is 0 Å². The summed E-state index contributed by atoms with van der Waals surface area (Å²) in [5.74, 6) is 0. The largest absolute Gasteiger partial charge is 0.309 e. The Balaban J connectivity index is 3.05. The summed E-state index contributed by atoms with van der Waals surface area (Å²) in [5, 5.41) is 0. The second kappa shape index (κ2) is 20.7. The van der Waals surface area contributed by atoms with Gasteiger partial charge in [0.2, 0.25) is 0 Å². The van der Waals surface area contributed by atoms with Crippen LogP contribution < -0.4 is 0 Å². The highest BCUT2D eigenvalue weighted by molar-refractivity contribution is 4.81. The van der Waals surface area contributed by atoms with Gasteiger partial charge in [0, 0.05) is 0 Å². The van der Waals surface area contributed by atoms with Gasteiger partial charge in [-0.15, -0.1) is 0 Å². The molecule has 0 heterocycles. The van der Waals surface area contributed by atoms with Crippen LogP contribution in [0.1, 0.15) is 110 Å². The molecule has 1 radical (unpaired) electrons. The summed E-state index contributed by atoms with van der Waals surface area (Å²) < 4.78 is 0. The smallest absolute Gasteiger partial charge is 0.00221 e. The predicted octanol–water partition coefficient (Wildman–Crippen LogP) is 7.57. The summed E-state index contributed by atoms with van der Waals surface area (Å²) in [6, 6.07) is 0. The van der Waals surface area contributed by atoms with Crippen LogP contribution in [0.5, 0.6) is 0 Å². The fraction of sp³-hybridized carbons (Fsp3) is 0.870. The lowest BCUT2D eigenvalue weighted by molar-refractivity contribution is 0.408. The molecule has 0 saturated heterocycles. The number of rotatable bonds is 19. The van der Waals surface area contributed by atoms with Gasteiger partial charge in [-0.2, -0.15) is 0 Å². The summed E-state index contributed by atoms with van der Waals surface area (Å²) in [4.78, 5) is 2.26. The van der Waals surface area contributed by atoms with Crippen molar-refractivity contribution in [3.05, 3.63) is 18.6 Å². The fourth-order valence-corrected chi connectivity index (χ4v) is 3.03. The molecule has 0 atom stereocenters. The summed E-state index contributed by atoms with van der Waals surface area (Å²) >= 11 is 0. The third-order valence-corrected chi connectivity index (χ3v) is 4.70. The van der Waals surface area contributed by atoms with Crippen molar-refractivity contribution in [2.24, 2.45) is 0 Å². The summed E-state index contributed by atoms with van der Waals surface area (Å²) in [7, 11) is 4.30. The van der Waals surface area contributed by atoms with E-state index in [1.165, 1.54) is 109 Å². The van der Waals surface area contributed by atoms with Crippen molar-refractivity contribution in [3.63, 3.8) is 0 Å². The van der Waals surface area contributed by atoms with Crippen LogP contribution in [-0.2, 0) is 0 Å². The van der Waals surface area contributed by atoms with Crippen molar-refractivity contribution >= 4 is 0 Å². The fourth-order valence-electron chi connectivity index (χ4n) is 3.03. The van der Waals surface area contributed by atoms with E-state index in [-0.39, 0.29) is 0 Å². The first-order valence-corrected chi connectivity index (χ1v) is 10.9. The molecule has 0 N–H and O–H groups in total. The van der Waals surface area contributed by atoms with Crippen LogP contribution in [0.3, 0.4) is 0 Å². The molecule has 1 heteroatoms. The Morgan fingerprint density at radius 1 is 0.542 bits per heavy atom. The van der Waals surface area contributed by atoms with Gasteiger partial charge in [0.15, 0.2) is 0 Å². The van der Waals surface area contributed by atoms with Crippen molar-refractivity contribution in [2.75, 3.05) is 20.6 Å². The van der Waals surface area contributed by atoms with Crippen LogP contribution in [0.4, 0.5) is 0 Å². The van der Waals surface area contributed by atoms with Gasteiger partial charge < -0.3 is 4.90 Å². The molecular weight excluding hydrogens is 290 g/mol. The van der Waals surface area contributed by atoms with E-state index in [0.29, 0.717) is 0 Å². The van der Waals surface area contributed by atoms with Crippen LogP contribution in [0.15, 0.2) is 12.2 Å². The normalized spacial score (nSPS) is 11.8. The first-order chi connectivity index (χ1) is 11.8. The van der Waals surface area contributed by atoms with E-state index < -0.39 is 0 Å². The van der Waals surface area contributed by atoms with Crippen molar-refractivity contribution in [2.45, 2.75) is 110 Å². The quantitative estimate of drug-likeness (QED) is 0.174. The molecule has 0 rings (SSSR count). The molecule has 0 saturated carbocycles. The van der Waals surface area contributed by atoms with Crippen LogP contribution in [-0.4, -0.2) is 25.5 Å². The Kier molecular flexibility index (Phi) is 20.5. The Bertz CT molecular complexity index is 244. The summed E-state index contributed by atoms with van der Waals surface area (Å²) in [6.07, 6.45) is 29.4. The molecule has 0 fully saturated rings. The van der Waals surface area contributed by atoms with Gasteiger partial charge in [-0.05, 0) is 59.2 Å². The maximum Gasteiger partial charge on any atom is -0.00221 e. The Morgan fingerprint density at radius 2 is 1.00 bits per heavy atom. The van der Waals surface area contributed by atoms with Gasteiger partial charge in [-0.1, -0.05) is 89.7 Å². The molecule has 0 aromatic carbocycles. The average Bonchev–Trinajstić information content (AvgIpc) is 2.56. The molecule has 0 aliphatic rings. The lowest BCUT2D eigenvalue weighted by Crippen LogP contribution is -2.12. The van der Waals surface area contributed by atoms with E-state index in [1.807, 2.05) is 0 Å². The molecule has 0 aromatic rings. The molecule has 0 amide bonds. The second-order valence-electron chi connectivity index (χ2n) is 7.61. The Labute approximate surface area is 154 Å². The number of hydrogen-bond acceptors (Lipinski definition) is 1. The Morgan fingerprint density at radius 3 is 1.50 bits per heavy atom. The topological polar surface area (TPSA) is 3.24 Å². The monoisotopic (exact) mass is 336 g/mol. The van der Waals surface area contributed by atoms with E-state index in [4.69, 9.17) is 0 Å². The van der Waals surface area contributed by atoms with E-state index in [0.717, 1.165) is 0 Å². The van der Waals surface area contributed by atoms with E-state index in [2.05, 4.69) is 44.5 Å². The summed E-state index contributed by atoms with van der Waals surface area (Å²) in [6.45, 7) is 3.49. The lowest BCUT2D eigenvalue weighted by atomic mass is 10.1. The number of allylic oxidation sites excluding steroid dienone is 2.